The van der Waals surface area contributed by atoms with Gasteiger partial charge in [0.05, 0.1) is 61.7 Å². The Bertz CT molecular complexity index is 1230. The molecule has 15 nitrogen and oxygen atoms in total. The molecule has 0 aromatic rings. The highest BCUT2D eigenvalue weighted by molar-refractivity contribution is 5.83. The van der Waals surface area contributed by atoms with Crippen LogP contribution in [0.2, 0.25) is 0 Å². The fourth-order valence-corrected chi connectivity index (χ4v) is 8.69. The molecule has 3 aliphatic heterocycles. The average molecular weight is 764 g/mol. The summed E-state index contributed by atoms with van der Waals surface area (Å²) in [7, 11) is 5.84. The molecular formula is C38H69NO14. The van der Waals surface area contributed by atoms with Gasteiger partial charge in [-0.1, -0.05) is 27.7 Å². The molecule has 0 aromatic carbocycles. The number of hydroxylamine groups is 3. The van der Waals surface area contributed by atoms with Crippen molar-refractivity contribution in [3.8, 4) is 0 Å². The maximum absolute atomic E-state index is 14.2. The number of quaternary nitrogens is 1. The van der Waals surface area contributed by atoms with E-state index in [0.29, 0.717) is 0 Å². The van der Waals surface area contributed by atoms with Crippen LogP contribution in [0, 0.1) is 28.9 Å². The molecule has 18 atom stereocenters. The maximum atomic E-state index is 14.2. The molecule has 1 unspecified atom stereocenters. The van der Waals surface area contributed by atoms with E-state index in [0.717, 1.165) is 0 Å². The Labute approximate surface area is 315 Å². The van der Waals surface area contributed by atoms with Gasteiger partial charge in [-0.25, -0.2) is 0 Å². The Morgan fingerprint density at radius 1 is 0.868 bits per heavy atom. The lowest BCUT2D eigenvalue weighted by molar-refractivity contribution is -0.874. The minimum absolute atomic E-state index is 0.0507. The molecule has 0 spiro atoms. The van der Waals surface area contributed by atoms with Gasteiger partial charge in [0.15, 0.2) is 18.7 Å². The number of likely N-dealkylation sites (N-methyl/N-ethyl adjacent to an activating group) is 1. The number of carbonyl (C=O) groups excluding carboxylic acids is 2. The van der Waals surface area contributed by atoms with Gasteiger partial charge in [-0.15, -0.1) is 0 Å². The number of cyclic esters (lactones) is 1. The van der Waals surface area contributed by atoms with Gasteiger partial charge in [-0.2, -0.15) is 0 Å². The van der Waals surface area contributed by atoms with Crippen LogP contribution >= 0.6 is 0 Å². The molecule has 3 heterocycles. The summed E-state index contributed by atoms with van der Waals surface area (Å²) in [5.74, 6) is -4.76. The second-order valence-electron chi connectivity index (χ2n) is 17.1. The number of aliphatic hydroxyl groups is 4. The Kier molecular flexibility index (Phi) is 15.1. The van der Waals surface area contributed by atoms with Crippen molar-refractivity contribution in [2.75, 3.05) is 28.3 Å². The number of carbonyl (C=O) groups is 2. The Balaban J connectivity index is 2.23. The normalized spacial score (nSPS) is 48.5. The number of esters is 1. The topological polar surface area (TPSA) is 203 Å². The van der Waals surface area contributed by atoms with E-state index in [1.54, 1.807) is 55.4 Å². The molecule has 0 radical (unpaired) electrons. The molecule has 0 aromatic heterocycles. The standard InChI is InChI=1S/C38H69NO14/c1-15-26-38(10,45)31(42)21(4)28(40)19(2)17-37(9,48-14)33(53-35-29(41)25(39(11,12)46)16-20(3)49-35)22(5)30(23(6)34(44)51-26)52-27-18-36(8,47-13)32(43)24(7)50-27/h19-27,29-33,35,41-43,45H,15-18H2,1-14H3/t19-,20-,21+,22+,23-,24+,25+,26?,27+,29-,30+,31-,32+,33-,35+,36-,37-,38-/m1/s1. The molecule has 0 amide bonds. The zero-order chi connectivity index (χ0) is 40.6. The summed E-state index contributed by atoms with van der Waals surface area (Å²) in [5, 5.41) is 58.7. The highest BCUT2D eigenvalue weighted by atomic mass is 16.7. The molecule has 3 fully saturated rings. The fourth-order valence-electron chi connectivity index (χ4n) is 8.69. The summed E-state index contributed by atoms with van der Waals surface area (Å²) in [4.78, 5) is 28.2. The predicted molar refractivity (Wildman–Crippen MR) is 193 cm³/mol. The van der Waals surface area contributed by atoms with Gasteiger partial charge in [-0.05, 0) is 54.4 Å². The molecule has 3 rings (SSSR count). The lowest BCUT2D eigenvalue weighted by Crippen LogP contribution is -2.63. The van der Waals surface area contributed by atoms with Gasteiger partial charge in [-0.3, -0.25) is 9.59 Å². The number of ether oxygens (including phenoxy) is 7. The second-order valence-corrected chi connectivity index (χ2v) is 17.1. The Morgan fingerprint density at radius 2 is 1.45 bits per heavy atom. The molecule has 0 saturated carbocycles. The average Bonchev–Trinajstić information content (AvgIpc) is 3.08. The maximum Gasteiger partial charge on any atom is 0.311 e. The van der Waals surface area contributed by atoms with Crippen LogP contribution in [0.15, 0.2) is 0 Å². The number of hydrogen-bond donors (Lipinski definition) is 4. The second kappa shape index (κ2) is 17.4. The van der Waals surface area contributed by atoms with E-state index >= 15 is 0 Å². The van der Waals surface area contributed by atoms with Crippen LogP contribution in [0.25, 0.3) is 0 Å². The third-order valence-electron chi connectivity index (χ3n) is 12.4. The highest BCUT2D eigenvalue weighted by Crippen LogP contribution is 2.42. The molecule has 53 heavy (non-hydrogen) atoms. The van der Waals surface area contributed by atoms with Crippen molar-refractivity contribution in [1.29, 1.82) is 0 Å². The summed E-state index contributed by atoms with van der Waals surface area (Å²) in [6.07, 6.45) is -10.1. The minimum Gasteiger partial charge on any atom is -0.633 e. The molecular weight excluding hydrogens is 694 g/mol. The Hall–Kier alpha value is -1.34. The van der Waals surface area contributed by atoms with E-state index in [9.17, 15) is 35.2 Å². The third kappa shape index (κ3) is 9.80. The first-order chi connectivity index (χ1) is 24.3. The van der Waals surface area contributed by atoms with Crippen LogP contribution in [0.4, 0.5) is 0 Å². The number of nitrogens with zero attached hydrogens (tertiary/aromatic N) is 1. The van der Waals surface area contributed by atoms with Gasteiger partial charge < -0.3 is 63.4 Å². The summed E-state index contributed by atoms with van der Waals surface area (Å²) >= 11 is 0. The highest BCUT2D eigenvalue weighted by Gasteiger charge is 2.54. The lowest BCUT2D eigenvalue weighted by atomic mass is 9.74. The number of rotatable bonds is 8. The zero-order valence-corrected chi connectivity index (χ0v) is 34.3. The number of hydrogen-bond acceptors (Lipinski definition) is 14. The summed E-state index contributed by atoms with van der Waals surface area (Å²) in [5.41, 5.74) is -4.38. The van der Waals surface area contributed by atoms with E-state index in [1.807, 2.05) is 0 Å². The predicted octanol–water partition coefficient (Wildman–Crippen LogP) is 2.45. The number of aliphatic hydroxyl groups excluding tert-OH is 3. The lowest BCUT2D eigenvalue weighted by Gasteiger charge is -2.51. The van der Waals surface area contributed by atoms with E-state index < -0.39 is 119 Å². The first-order valence-electron chi connectivity index (χ1n) is 19.1. The minimum atomic E-state index is -1.99. The van der Waals surface area contributed by atoms with Gasteiger partial charge in [0.25, 0.3) is 0 Å². The Morgan fingerprint density at radius 3 is 1.98 bits per heavy atom. The monoisotopic (exact) mass is 763 g/mol. The van der Waals surface area contributed by atoms with Crippen molar-refractivity contribution >= 4 is 11.8 Å². The van der Waals surface area contributed by atoms with E-state index in [-0.39, 0.29) is 31.5 Å². The molecule has 0 bridgehead atoms. The van der Waals surface area contributed by atoms with Crippen molar-refractivity contribution in [2.45, 2.75) is 179 Å². The SMILES string of the molecule is CCC1OC(=O)[C@H](C)[C@@H](O[C@H]2C[C@@](C)(OC)[C@@H](O)[C@H](C)O2)[C@H](C)[C@@H](O[C@@H]2O[C@H](C)C[C@H]([N+](C)(C)[O-])[C@H]2O)[C@](C)(OC)C[C@@H](C)C(=O)[C@H](C)[C@@H](O)[C@]1(C)O. The van der Waals surface area contributed by atoms with Crippen LogP contribution in [-0.4, -0.2) is 149 Å². The van der Waals surface area contributed by atoms with Crippen LogP contribution < -0.4 is 0 Å². The molecule has 4 N–H and O–H groups in total. The van der Waals surface area contributed by atoms with Gasteiger partial charge in [0, 0.05) is 44.8 Å². The van der Waals surface area contributed by atoms with Crippen molar-refractivity contribution in [3.05, 3.63) is 5.21 Å². The van der Waals surface area contributed by atoms with E-state index in [1.165, 1.54) is 42.2 Å². The van der Waals surface area contributed by atoms with Crippen molar-refractivity contribution in [3.63, 3.8) is 0 Å². The smallest absolute Gasteiger partial charge is 0.311 e. The molecule has 15 heteroatoms. The van der Waals surface area contributed by atoms with Gasteiger partial charge >= 0.3 is 5.97 Å². The van der Waals surface area contributed by atoms with E-state index in [2.05, 4.69) is 0 Å². The molecule has 310 valence electrons. The van der Waals surface area contributed by atoms with Gasteiger partial charge in [0.2, 0.25) is 0 Å². The van der Waals surface area contributed by atoms with Crippen LogP contribution in [-0.2, 0) is 42.7 Å². The summed E-state index contributed by atoms with van der Waals surface area (Å²) in [6, 6.07) is -0.788. The van der Waals surface area contributed by atoms with Gasteiger partial charge in [0.1, 0.15) is 29.6 Å². The molecule has 3 saturated heterocycles. The first kappa shape index (κ1) is 46.0. The fraction of sp³-hybridized carbons (Fsp3) is 0.947. The number of ketones is 1. The largest absolute Gasteiger partial charge is 0.633 e. The zero-order valence-electron chi connectivity index (χ0n) is 34.3. The van der Waals surface area contributed by atoms with Crippen LogP contribution in [0.1, 0.15) is 94.9 Å². The third-order valence-corrected chi connectivity index (χ3v) is 12.4. The number of Topliss-reactive ketones (excluding diaryl/α,β-unsaturated/α-hetero) is 1. The molecule has 3 aliphatic rings. The van der Waals surface area contributed by atoms with Crippen LogP contribution in [0.3, 0.4) is 0 Å². The summed E-state index contributed by atoms with van der Waals surface area (Å²) < 4.78 is 42.8. The summed E-state index contributed by atoms with van der Waals surface area (Å²) in [6.45, 7) is 16.6. The van der Waals surface area contributed by atoms with Crippen molar-refractivity contribution in [2.24, 2.45) is 23.7 Å². The molecule has 0 aliphatic carbocycles. The quantitative estimate of drug-likeness (QED) is 0.160. The first-order valence-corrected chi connectivity index (χ1v) is 19.1. The van der Waals surface area contributed by atoms with E-state index in [4.69, 9.17) is 33.2 Å². The van der Waals surface area contributed by atoms with Crippen LogP contribution in [0.5, 0.6) is 0 Å². The number of methoxy groups -OCH3 is 2. The van der Waals surface area contributed by atoms with Crippen molar-refractivity contribution in [1.82, 2.24) is 0 Å². The van der Waals surface area contributed by atoms with Crippen molar-refractivity contribution < 1.29 is 67.8 Å².